The van der Waals surface area contributed by atoms with Gasteiger partial charge in [-0.05, 0) is 63.7 Å². The van der Waals surface area contributed by atoms with E-state index in [2.05, 4.69) is 24.5 Å². The van der Waals surface area contributed by atoms with E-state index >= 15 is 0 Å². The number of ketones is 1. The summed E-state index contributed by atoms with van der Waals surface area (Å²) < 4.78 is 0. The molecule has 0 aromatic heterocycles. The second-order valence-electron chi connectivity index (χ2n) is 6.15. The van der Waals surface area contributed by atoms with Crippen LogP contribution in [0.2, 0.25) is 0 Å². The Morgan fingerprint density at radius 3 is 1.50 bits per heavy atom. The first-order chi connectivity index (χ1) is 8.70. The van der Waals surface area contributed by atoms with E-state index in [1.165, 1.54) is 25.7 Å². The first kappa shape index (κ1) is 14.0. The van der Waals surface area contributed by atoms with Crippen LogP contribution in [0.3, 0.4) is 0 Å². The summed E-state index contributed by atoms with van der Waals surface area (Å²) in [4.78, 5) is 12.6. The van der Waals surface area contributed by atoms with Crippen LogP contribution in [0.4, 0.5) is 0 Å². The van der Waals surface area contributed by atoms with E-state index < -0.39 is 0 Å². The van der Waals surface area contributed by atoms with Crippen molar-refractivity contribution in [3.05, 3.63) is 0 Å². The summed E-state index contributed by atoms with van der Waals surface area (Å²) in [5.74, 6) is 2.27. The molecule has 0 aliphatic carbocycles. The van der Waals surface area contributed by atoms with Gasteiger partial charge in [0.1, 0.15) is 5.78 Å². The number of hydrogen-bond donors (Lipinski definition) is 2. The van der Waals surface area contributed by atoms with E-state index in [0.29, 0.717) is 17.6 Å². The van der Waals surface area contributed by atoms with E-state index in [0.717, 1.165) is 26.2 Å². The molecule has 2 aliphatic rings. The van der Waals surface area contributed by atoms with Gasteiger partial charge in [-0.15, -0.1) is 0 Å². The van der Waals surface area contributed by atoms with Crippen LogP contribution in [0.5, 0.6) is 0 Å². The van der Waals surface area contributed by atoms with E-state index in [1.807, 2.05) is 0 Å². The van der Waals surface area contributed by atoms with E-state index in [4.69, 9.17) is 0 Å². The van der Waals surface area contributed by atoms with Crippen LogP contribution < -0.4 is 10.6 Å². The molecule has 0 radical (unpaired) electrons. The highest BCUT2D eigenvalue weighted by atomic mass is 16.1. The van der Waals surface area contributed by atoms with Crippen molar-refractivity contribution in [1.82, 2.24) is 10.6 Å². The average Bonchev–Trinajstić information content (AvgIpc) is 2.47. The first-order valence-corrected chi connectivity index (χ1v) is 7.65. The molecule has 3 nitrogen and oxygen atoms in total. The molecule has 2 unspecified atom stereocenters. The maximum Gasteiger partial charge on any atom is 0.139 e. The summed E-state index contributed by atoms with van der Waals surface area (Å²) >= 11 is 0. The zero-order valence-electron chi connectivity index (χ0n) is 11.9. The smallest absolute Gasteiger partial charge is 0.139 e. The highest BCUT2D eigenvalue weighted by Crippen LogP contribution is 2.30. The molecule has 2 heterocycles. The Bertz CT molecular complexity index is 242. The molecular weight excluding hydrogens is 224 g/mol. The first-order valence-electron chi connectivity index (χ1n) is 7.65. The molecule has 3 heteroatoms. The molecule has 18 heavy (non-hydrogen) atoms. The number of piperidine rings is 2. The molecule has 0 saturated carbocycles. The van der Waals surface area contributed by atoms with Crippen molar-refractivity contribution in [2.24, 2.45) is 23.7 Å². The van der Waals surface area contributed by atoms with Gasteiger partial charge in [0, 0.05) is 11.8 Å². The molecule has 0 aromatic rings. The fraction of sp³-hybridized carbons (Fsp3) is 0.933. The fourth-order valence-electron chi connectivity index (χ4n) is 3.57. The van der Waals surface area contributed by atoms with Crippen LogP contribution in [-0.2, 0) is 4.79 Å². The summed E-state index contributed by atoms with van der Waals surface area (Å²) in [6.07, 6.45) is 4.69. The number of carbonyl (C=O) groups is 1. The van der Waals surface area contributed by atoms with E-state index in [-0.39, 0.29) is 11.8 Å². The van der Waals surface area contributed by atoms with Crippen LogP contribution in [0, 0.1) is 23.7 Å². The molecule has 2 aliphatic heterocycles. The second kappa shape index (κ2) is 6.67. The maximum absolute atomic E-state index is 12.6. The van der Waals surface area contributed by atoms with Gasteiger partial charge in [0.2, 0.25) is 0 Å². The quantitative estimate of drug-likeness (QED) is 0.802. The summed E-state index contributed by atoms with van der Waals surface area (Å²) in [7, 11) is 0. The third kappa shape index (κ3) is 3.33. The Balaban J connectivity index is 1.87. The summed E-state index contributed by atoms with van der Waals surface area (Å²) in [6.45, 7) is 8.67. The molecular formula is C15H28N2O. The van der Waals surface area contributed by atoms with Gasteiger partial charge in [-0.1, -0.05) is 13.8 Å². The molecule has 0 amide bonds. The van der Waals surface area contributed by atoms with Gasteiger partial charge in [-0.25, -0.2) is 0 Å². The number of hydrogen-bond acceptors (Lipinski definition) is 3. The van der Waals surface area contributed by atoms with Gasteiger partial charge in [0.15, 0.2) is 0 Å². The van der Waals surface area contributed by atoms with Crippen molar-refractivity contribution < 1.29 is 4.79 Å². The third-order valence-corrected chi connectivity index (χ3v) is 5.08. The predicted molar refractivity (Wildman–Crippen MR) is 74.5 cm³/mol. The van der Waals surface area contributed by atoms with Crippen LogP contribution >= 0.6 is 0 Å². The number of nitrogens with one attached hydrogen (secondary N) is 2. The van der Waals surface area contributed by atoms with Gasteiger partial charge >= 0.3 is 0 Å². The average molecular weight is 252 g/mol. The third-order valence-electron chi connectivity index (χ3n) is 5.08. The van der Waals surface area contributed by atoms with Crippen molar-refractivity contribution >= 4 is 5.78 Å². The zero-order valence-corrected chi connectivity index (χ0v) is 11.9. The summed E-state index contributed by atoms with van der Waals surface area (Å²) in [6, 6.07) is 0. The van der Waals surface area contributed by atoms with Gasteiger partial charge in [0.05, 0.1) is 0 Å². The molecule has 2 atom stereocenters. The highest BCUT2D eigenvalue weighted by Gasteiger charge is 2.32. The van der Waals surface area contributed by atoms with E-state index in [1.54, 1.807) is 0 Å². The molecule has 0 aromatic carbocycles. The molecule has 2 N–H and O–H groups in total. The van der Waals surface area contributed by atoms with Gasteiger partial charge in [-0.2, -0.15) is 0 Å². The van der Waals surface area contributed by atoms with Gasteiger partial charge in [-0.3, -0.25) is 4.79 Å². The summed E-state index contributed by atoms with van der Waals surface area (Å²) in [5, 5.41) is 6.76. The van der Waals surface area contributed by atoms with Gasteiger partial charge in [0.25, 0.3) is 0 Å². The Hall–Kier alpha value is -0.410. The van der Waals surface area contributed by atoms with Crippen molar-refractivity contribution in [2.75, 3.05) is 26.2 Å². The summed E-state index contributed by atoms with van der Waals surface area (Å²) in [5.41, 5.74) is 0. The van der Waals surface area contributed by atoms with Crippen molar-refractivity contribution in [3.8, 4) is 0 Å². The Morgan fingerprint density at radius 2 is 1.17 bits per heavy atom. The Labute approximate surface area is 111 Å². The normalized spacial score (nSPS) is 26.8. The standard InChI is InChI=1S/C15H28N2O/c1-11(13-3-7-16-8-4-13)15(18)12(2)14-5-9-17-10-6-14/h11-14,16-17H,3-10H2,1-2H3. The largest absolute Gasteiger partial charge is 0.317 e. The van der Waals surface area contributed by atoms with Crippen LogP contribution in [0.1, 0.15) is 39.5 Å². The molecule has 0 spiro atoms. The monoisotopic (exact) mass is 252 g/mol. The fourth-order valence-corrected chi connectivity index (χ4v) is 3.57. The molecule has 104 valence electrons. The lowest BCUT2D eigenvalue weighted by Crippen LogP contribution is -2.39. The van der Waals surface area contributed by atoms with Gasteiger partial charge < -0.3 is 10.6 Å². The predicted octanol–water partition coefficient (Wildman–Crippen LogP) is 1.83. The van der Waals surface area contributed by atoms with Crippen LogP contribution in [0.15, 0.2) is 0 Å². The lowest BCUT2D eigenvalue weighted by atomic mass is 9.75. The Morgan fingerprint density at radius 1 is 0.833 bits per heavy atom. The lowest BCUT2D eigenvalue weighted by Gasteiger charge is -2.33. The minimum absolute atomic E-state index is 0.261. The van der Waals surface area contributed by atoms with Crippen LogP contribution in [0.25, 0.3) is 0 Å². The van der Waals surface area contributed by atoms with Crippen molar-refractivity contribution in [1.29, 1.82) is 0 Å². The molecule has 2 saturated heterocycles. The van der Waals surface area contributed by atoms with Crippen LogP contribution in [-0.4, -0.2) is 32.0 Å². The zero-order chi connectivity index (χ0) is 13.0. The second-order valence-corrected chi connectivity index (χ2v) is 6.15. The SMILES string of the molecule is CC(C(=O)C(C)C1CCNCC1)C1CCNCC1. The number of Topliss-reactive ketones (excluding diaryl/α,β-unsaturated/α-hetero) is 1. The topological polar surface area (TPSA) is 41.1 Å². The molecule has 2 rings (SSSR count). The van der Waals surface area contributed by atoms with Crippen molar-refractivity contribution in [2.45, 2.75) is 39.5 Å². The minimum Gasteiger partial charge on any atom is -0.317 e. The minimum atomic E-state index is 0.261. The number of rotatable bonds is 4. The molecule has 2 fully saturated rings. The van der Waals surface area contributed by atoms with E-state index in [9.17, 15) is 4.79 Å². The Kier molecular flexibility index (Phi) is 5.19. The van der Waals surface area contributed by atoms with Crippen molar-refractivity contribution in [3.63, 3.8) is 0 Å². The molecule has 0 bridgehead atoms. The number of carbonyl (C=O) groups excluding carboxylic acids is 1. The lowest BCUT2D eigenvalue weighted by molar-refractivity contribution is -0.129. The maximum atomic E-state index is 12.6. The highest BCUT2D eigenvalue weighted by molar-refractivity contribution is 5.83.